The minimum atomic E-state index is -4.13. The summed E-state index contributed by atoms with van der Waals surface area (Å²) in [4.78, 5) is 20.7. The number of nitrogens with zero attached hydrogens (tertiary/aromatic N) is 3. The van der Waals surface area contributed by atoms with Gasteiger partial charge in [0, 0.05) is 49.0 Å². The predicted octanol–water partition coefficient (Wildman–Crippen LogP) is 2.18. The highest BCUT2D eigenvalue weighted by molar-refractivity contribution is 9.10. The molecule has 1 amide bonds. The Labute approximate surface area is 195 Å². The molecule has 11 heteroatoms. The summed E-state index contributed by atoms with van der Waals surface area (Å²) in [5, 5.41) is 0. The zero-order chi connectivity index (χ0) is 23.1. The summed E-state index contributed by atoms with van der Waals surface area (Å²) in [6, 6.07) is 8.14. The molecule has 174 valence electrons. The van der Waals surface area contributed by atoms with E-state index in [4.69, 9.17) is 9.29 Å². The standard InChI is InChI=1S/C21H25BrFN3O5S/c22-18-13-17(6-12-32(28,29)30)21(24-14-18)31-15-20(27)26-10-8-25(9-11-26)7-5-16-1-3-19(23)4-2-16/h1-4,13-14H,5-12,15H2,(H,28,29,30). The van der Waals surface area contributed by atoms with Crippen molar-refractivity contribution < 1.29 is 26.9 Å². The number of aromatic nitrogens is 1. The fourth-order valence-electron chi connectivity index (χ4n) is 3.40. The fourth-order valence-corrected chi connectivity index (χ4v) is 4.25. The molecule has 2 heterocycles. The second-order valence-corrected chi connectivity index (χ2v) is 10.0. The molecule has 1 aliphatic heterocycles. The molecule has 0 spiro atoms. The molecule has 0 saturated carbocycles. The Morgan fingerprint density at radius 3 is 2.50 bits per heavy atom. The third-order valence-electron chi connectivity index (χ3n) is 5.21. The molecular weight excluding hydrogens is 505 g/mol. The van der Waals surface area contributed by atoms with Crippen molar-refractivity contribution in [3.8, 4) is 5.88 Å². The molecular formula is C21H25BrFN3O5S. The second-order valence-electron chi connectivity index (χ2n) is 7.54. The van der Waals surface area contributed by atoms with Crippen molar-refractivity contribution in [2.24, 2.45) is 0 Å². The molecule has 1 fully saturated rings. The summed E-state index contributed by atoms with van der Waals surface area (Å²) in [6.07, 6.45) is 2.33. The van der Waals surface area contributed by atoms with Gasteiger partial charge in [-0.25, -0.2) is 9.37 Å². The lowest BCUT2D eigenvalue weighted by Gasteiger charge is -2.34. The van der Waals surface area contributed by atoms with Crippen molar-refractivity contribution in [1.29, 1.82) is 0 Å². The van der Waals surface area contributed by atoms with E-state index in [9.17, 15) is 17.6 Å². The Morgan fingerprint density at radius 2 is 1.84 bits per heavy atom. The van der Waals surface area contributed by atoms with Gasteiger partial charge in [-0.1, -0.05) is 12.1 Å². The van der Waals surface area contributed by atoms with Crippen LogP contribution < -0.4 is 4.74 Å². The average Bonchev–Trinajstić information content (AvgIpc) is 2.76. The summed E-state index contributed by atoms with van der Waals surface area (Å²) >= 11 is 3.27. The zero-order valence-electron chi connectivity index (χ0n) is 17.4. The maximum atomic E-state index is 13.0. The molecule has 0 atom stereocenters. The average molecular weight is 530 g/mol. The highest BCUT2D eigenvalue weighted by Gasteiger charge is 2.22. The number of halogens is 2. The Bertz CT molecular complexity index is 1030. The van der Waals surface area contributed by atoms with Crippen LogP contribution in [0.25, 0.3) is 0 Å². The number of hydrogen-bond acceptors (Lipinski definition) is 6. The number of carbonyl (C=O) groups excluding carboxylic acids is 1. The lowest BCUT2D eigenvalue weighted by molar-refractivity contribution is -0.135. The van der Waals surface area contributed by atoms with Crippen molar-refractivity contribution in [3.63, 3.8) is 0 Å². The van der Waals surface area contributed by atoms with Crippen LogP contribution in [0.2, 0.25) is 0 Å². The second kappa shape index (κ2) is 11.2. The molecule has 1 aliphatic rings. The first kappa shape index (κ1) is 24.6. The first-order valence-corrected chi connectivity index (χ1v) is 12.6. The van der Waals surface area contributed by atoms with Crippen LogP contribution in [0.15, 0.2) is 41.0 Å². The maximum absolute atomic E-state index is 13.0. The number of ether oxygens (including phenoxy) is 1. The Morgan fingerprint density at radius 1 is 1.16 bits per heavy atom. The van der Waals surface area contributed by atoms with Crippen molar-refractivity contribution in [2.45, 2.75) is 12.8 Å². The van der Waals surface area contributed by atoms with Crippen LogP contribution in [0, 0.1) is 5.82 Å². The number of pyridine rings is 1. The van der Waals surface area contributed by atoms with Gasteiger partial charge >= 0.3 is 0 Å². The van der Waals surface area contributed by atoms with E-state index in [1.807, 2.05) is 0 Å². The van der Waals surface area contributed by atoms with Crippen molar-refractivity contribution in [1.82, 2.24) is 14.8 Å². The molecule has 1 N–H and O–H groups in total. The number of hydrogen-bond donors (Lipinski definition) is 1. The van der Waals surface area contributed by atoms with Gasteiger partial charge in [0.2, 0.25) is 5.88 Å². The van der Waals surface area contributed by atoms with Crippen LogP contribution in [-0.4, -0.2) is 78.7 Å². The summed E-state index contributed by atoms with van der Waals surface area (Å²) in [5.41, 5.74) is 1.56. The topological polar surface area (TPSA) is 100 Å². The van der Waals surface area contributed by atoms with Gasteiger partial charge in [-0.3, -0.25) is 14.2 Å². The van der Waals surface area contributed by atoms with E-state index in [0.29, 0.717) is 23.1 Å². The molecule has 1 saturated heterocycles. The van der Waals surface area contributed by atoms with Gasteiger partial charge in [-0.15, -0.1) is 0 Å². The highest BCUT2D eigenvalue weighted by atomic mass is 79.9. The summed E-state index contributed by atoms with van der Waals surface area (Å²) in [6.45, 7) is 3.27. The minimum Gasteiger partial charge on any atom is -0.467 e. The smallest absolute Gasteiger partial charge is 0.265 e. The van der Waals surface area contributed by atoms with Crippen molar-refractivity contribution in [2.75, 3.05) is 45.1 Å². The molecule has 0 aliphatic carbocycles. The molecule has 32 heavy (non-hydrogen) atoms. The molecule has 3 rings (SSSR count). The van der Waals surface area contributed by atoms with Crippen LogP contribution >= 0.6 is 15.9 Å². The van der Waals surface area contributed by atoms with E-state index in [2.05, 4.69) is 25.8 Å². The SMILES string of the molecule is O=C(COc1ncc(Br)cc1CCS(=O)(=O)O)N1CCN(CCc2ccc(F)cc2)CC1. The van der Waals surface area contributed by atoms with Crippen molar-refractivity contribution in [3.05, 3.63) is 57.9 Å². The highest BCUT2D eigenvalue weighted by Crippen LogP contribution is 2.21. The molecule has 0 radical (unpaired) electrons. The van der Waals surface area contributed by atoms with Gasteiger partial charge in [0.1, 0.15) is 5.82 Å². The lowest BCUT2D eigenvalue weighted by atomic mass is 10.1. The van der Waals surface area contributed by atoms with Crippen LogP contribution in [0.5, 0.6) is 5.88 Å². The number of piperazine rings is 1. The first-order chi connectivity index (χ1) is 15.2. The minimum absolute atomic E-state index is 0.0154. The van der Waals surface area contributed by atoms with E-state index in [1.54, 1.807) is 23.1 Å². The summed E-state index contributed by atoms with van der Waals surface area (Å²) < 4.78 is 50.3. The van der Waals surface area contributed by atoms with Gasteiger partial charge in [0.05, 0.1) is 5.75 Å². The number of carbonyl (C=O) groups is 1. The van der Waals surface area contributed by atoms with E-state index < -0.39 is 15.9 Å². The number of benzene rings is 1. The molecule has 8 nitrogen and oxygen atoms in total. The lowest BCUT2D eigenvalue weighted by Crippen LogP contribution is -2.50. The van der Waals surface area contributed by atoms with Gasteiger partial charge in [-0.2, -0.15) is 8.42 Å². The van der Waals surface area contributed by atoms with Crippen LogP contribution in [-0.2, 0) is 27.8 Å². The van der Waals surface area contributed by atoms with E-state index >= 15 is 0 Å². The van der Waals surface area contributed by atoms with E-state index in [-0.39, 0.29) is 30.6 Å². The number of aryl methyl sites for hydroxylation is 1. The number of rotatable bonds is 9. The van der Waals surface area contributed by atoms with Gasteiger partial charge in [-0.05, 0) is 52.5 Å². The van der Waals surface area contributed by atoms with Crippen molar-refractivity contribution >= 4 is 32.0 Å². The molecule has 2 aromatic rings. The fraction of sp³-hybridized carbons (Fsp3) is 0.429. The van der Waals surface area contributed by atoms with Gasteiger partial charge in [0.15, 0.2) is 6.61 Å². The number of amides is 1. The van der Waals surface area contributed by atoms with Crippen LogP contribution in [0.1, 0.15) is 11.1 Å². The third kappa shape index (κ3) is 7.80. The monoisotopic (exact) mass is 529 g/mol. The molecule has 1 aromatic carbocycles. The van der Waals surface area contributed by atoms with Crippen LogP contribution in [0.4, 0.5) is 4.39 Å². The van der Waals surface area contributed by atoms with Gasteiger partial charge in [0.25, 0.3) is 16.0 Å². The quantitative estimate of drug-likeness (QED) is 0.497. The Balaban J connectivity index is 1.45. The van der Waals surface area contributed by atoms with E-state index in [0.717, 1.165) is 31.6 Å². The van der Waals surface area contributed by atoms with Crippen LogP contribution in [0.3, 0.4) is 0 Å². The predicted molar refractivity (Wildman–Crippen MR) is 121 cm³/mol. The zero-order valence-corrected chi connectivity index (χ0v) is 19.8. The Hall–Kier alpha value is -2.08. The molecule has 1 aromatic heterocycles. The van der Waals surface area contributed by atoms with Gasteiger partial charge < -0.3 is 9.64 Å². The largest absolute Gasteiger partial charge is 0.467 e. The third-order valence-corrected chi connectivity index (χ3v) is 6.36. The maximum Gasteiger partial charge on any atom is 0.265 e. The normalized spacial score (nSPS) is 15.0. The molecule has 0 unspecified atom stereocenters. The van der Waals surface area contributed by atoms with E-state index in [1.165, 1.54) is 18.3 Å². The Kier molecular flexibility index (Phi) is 8.57. The summed E-state index contributed by atoms with van der Waals surface area (Å²) in [5.74, 6) is -0.710. The first-order valence-electron chi connectivity index (χ1n) is 10.2. The molecule has 0 bridgehead atoms. The summed E-state index contributed by atoms with van der Waals surface area (Å²) in [7, 11) is -4.13.